The van der Waals surface area contributed by atoms with Crippen molar-refractivity contribution in [3.05, 3.63) is 78.4 Å². The molecule has 0 aliphatic heterocycles. The van der Waals surface area contributed by atoms with Crippen LogP contribution in [0.15, 0.2) is 67.2 Å². The van der Waals surface area contributed by atoms with Gasteiger partial charge in [0.15, 0.2) is 0 Å². The highest BCUT2D eigenvalue weighted by atomic mass is 16.1. The van der Waals surface area contributed by atoms with Crippen molar-refractivity contribution in [1.29, 1.82) is 0 Å². The van der Waals surface area contributed by atoms with E-state index in [4.69, 9.17) is 0 Å². The van der Waals surface area contributed by atoms with E-state index < -0.39 is 0 Å². The molecule has 0 aromatic heterocycles. The Balaban J connectivity index is 1.88. The molecule has 1 fully saturated rings. The summed E-state index contributed by atoms with van der Waals surface area (Å²) in [6, 6.07) is 20.4. The summed E-state index contributed by atoms with van der Waals surface area (Å²) in [4.78, 5) is 12.5. The highest BCUT2D eigenvalue weighted by Gasteiger charge is 2.41. The zero-order valence-electron chi connectivity index (χ0n) is 12.3. The largest absolute Gasteiger partial charge is 0.299 e. The van der Waals surface area contributed by atoms with Crippen LogP contribution < -0.4 is 0 Å². The fourth-order valence-corrected chi connectivity index (χ4v) is 3.52. The van der Waals surface area contributed by atoms with Gasteiger partial charge in [-0.2, -0.15) is 0 Å². The van der Waals surface area contributed by atoms with Crippen LogP contribution in [0.4, 0.5) is 0 Å². The Morgan fingerprint density at radius 1 is 1.00 bits per heavy atom. The SMILES string of the molecule is C=C(c1ccccc1)[C@@H]1C(=O)C[C@H](c2ccccc2)[C@H]1C. The van der Waals surface area contributed by atoms with Gasteiger partial charge in [0.2, 0.25) is 0 Å². The fraction of sp³-hybridized carbons (Fsp3) is 0.250. The number of hydrogen-bond donors (Lipinski definition) is 0. The van der Waals surface area contributed by atoms with E-state index >= 15 is 0 Å². The van der Waals surface area contributed by atoms with E-state index in [0.29, 0.717) is 24.0 Å². The Hall–Kier alpha value is -2.15. The van der Waals surface area contributed by atoms with E-state index in [-0.39, 0.29) is 5.92 Å². The number of carbonyl (C=O) groups excluding carboxylic acids is 1. The molecule has 0 bridgehead atoms. The van der Waals surface area contributed by atoms with Crippen molar-refractivity contribution in [2.75, 3.05) is 0 Å². The number of hydrogen-bond acceptors (Lipinski definition) is 1. The quantitative estimate of drug-likeness (QED) is 0.793. The number of benzene rings is 2. The monoisotopic (exact) mass is 276 g/mol. The van der Waals surface area contributed by atoms with E-state index in [0.717, 1.165) is 11.1 Å². The lowest BCUT2D eigenvalue weighted by atomic mass is 9.81. The molecule has 0 unspecified atom stereocenters. The van der Waals surface area contributed by atoms with Gasteiger partial charge in [0.05, 0.1) is 0 Å². The number of ketones is 1. The summed E-state index contributed by atoms with van der Waals surface area (Å²) in [5.41, 5.74) is 3.31. The molecule has 0 radical (unpaired) electrons. The summed E-state index contributed by atoms with van der Waals surface area (Å²) in [5.74, 6) is 0.875. The van der Waals surface area contributed by atoms with Crippen molar-refractivity contribution in [2.24, 2.45) is 11.8 Å². The highest BCUT2D eigenvalue weighted by molar-refractivity contribution is 5.95. The standard InChI is InChI=1S/C20H20O/c1-14(16-9-5-3-6-10-16)20-15(2)18(13-19(20)21)17-11-7-4-8-12-17/h3-12,15,18,20H,1,13H2,2H3/t15-,18+,20+/m1/s1. The minimum Gasteiger partial charge on any atom is -0.299 e. The van der Waals surface area contributed by atoms with Gasteiger partial charge in [0.1, 0.15) is 5.78 Å². The van der Waals surface area contributed by atoms with Gasteiger partial charge in [0, 0.05) is 12.3 Å². The minimum absolute atomic E-state index is 0.0578. The summed E-state index contributed by atoms with van der Waals surface area (Å²) in [7, 11) is 0. The first kappa shape index (κ1) is 13.8. The Bertz CT molecular complexity index is 642. The van der Waals surface area contributed by atoms with Gasteiger partial charge >= 0.3 is 0 Å². The molecule has 106 valence electrons. The third-order valence-electron chi connectivity index (χ3n) is 4.68. The maximum atomic E-state index is 12.5. The molecule has 0 heterocycles. The van der Waals surface area contributed by atoms with E-state index in [2.05, 4.69) is 25.6 Å². The predicted octanol–water partition coefficient (Wildman–Crippen LogP) is 4.71. The van der Waals surface area contributed by atoms with Crippen LogP contribution in [-0.2, 0) is 4.79 Å². The normalized spacial score (nSPS) is 25.0. The second-order valence-corrected chi connectivity index (χ2v) is 5.92. The van der Waals surface area contributed by atoms with E-state index in [1.54, 1.807) is 0 Å². The molecular formula is C20H20O. The van der Waals surface area contributed by atoms with Crippen LogP contribution >= 0.6 is 0 Å². The summed E-state index contributed by atoms with van der Waals surface area (Å²) in [5, 5.41) is 0. The second-order valence-electron chi connectivity index (χ2n) is 5.92. The fourth-order valence-electron chi connectivity index (χ4n) is 3.52. The average Bonchev–Trinajstić information content (AvgIpc) is 2.83. The molecule has 2 aromatic rings. The lowest BCUT2D eigenvalue weighted by molar-refractivity contribution is -0.119. The van der Waals surface area contributed by atoms with E-state index in [1.807, 2.05) is 48.5 Å². The van der Waals surface area contributed by atoms with Crippen LogP contribution in [-0.4, -0.2) is 5.78 Å². The molecule has 1 aliphatic carbocycles. The predicted molar refractivity (Wildman–Crippen MR) is 86.9 cm³/mol. The van der Waals surface area contributed by atoms with Gasteiger partial charge in [-0.05, 0) is 28.5 Å². The smallest absolute Gasteiger partial charge is 0.141 e. The Morgan fingerprint density at radius 3 is 2.19 bits per heavy atom. The molecule has 1 heteroatoms. The summed E-state index contributed by atoms with van der Waals surface area (Å²) < 4.78 is 0. The maximum Gasteiger partial charge on any atom is 0.141 e. The molecule has 2 aromatic carbocycles. The zero-order valence-corrected chi connectivity index (χ0v) is 12.3. The number of carbonyl (C=O) groups is 1. The molecule has 0 spiro atoms. The first-order valence-electron chi connectivity index (χ1n) is 7.50. The summed E-state index contributed by atoms with van der Waals surface area (Å²) in [6.45, 7) is 6.40. The number of Topliss-reactive ketones (excluding diaryl/α,β-unsaturated/α-hetero) is 1. The Morgan fingerprint density at radius 2 is 1.57 bits per heavy atom. The van der Waals surface area contributed by atoms with Crippen LogP contribution in [0.2, 0.25) is 0 Å². The molecule has 0 amide bonds. The second kappa shape index (κ2) is 5.69. The van der Waals surface area contributed by atoms with Crippen LogP contribution in [0.25, 0.3) is 5.57 Å². The zero-order chi connectivity index (χ0) is 14.8. The highest BCUT2D eigenvalue weighted by Crippen LogP contribution is 2.46. The third-order valence-corrected chi connectivity index (χ3v) is 4.68. The molecule has 1 nitrogen and oxygen atoms in total. The molecule has 3 rings (SSSR count). The van der Waals surface area contributed by atoms with Gasteiger partial charge in [-0.3, -0.25) is 4.79 Å². The van der Waals surface area contributed by atoms with Crippen molar-refractivity contribution >= 4 is 11.4 Å². The average molecular weight is 276 g/mol. The Labute approximate surface area is 126 Å². The van der Waals surface area contributed by atoms with Crippen LogP contribution in [0, 0.1) is 11.8 Å². The first-order chi connectivity index (χ1) is 10.2. The summed E-state index contributed by atoms with van der Waals surface area (Å²) in [6.07, 6.45) is 0.627. The van der Waals surface area contributed by atoms with Gasteiger partial charge in [-0.15, -0.1) is 0 Å². The van der Waals surface area contributed by atoms with Gasteiger partial charge in [-0.1, -0.05) is 74.2 Å². The van der Waals surface area contributed by atoms with Crippen molar-refractivity contribution in [1.82, 2.24) is 0 Å². The lowest BCUT2D eigenvalue weighted by Crippen LogP contribution is -2.15. The minimum atomic E-state index is -0.0578. The molecule has 1 aliphatic rings. The molecule has 0 N–H and O–H groups in total. The Kier molecular flexibility index (Phi) is 3.74. The maximum absolute atomic E-state index is 12.5. The van der Waals surface area contributed by atoms with E-state index in [1.165, 1.54) is 5.56 Å². The molecule has 21 heavy (non-hydrogen) atoms. The third kappa shape index (κ3) is 2.56. The number of rotatable bonds is 3. The van der Waals surface area contributed by atoms with Gasteiger partial charge < -0.3 is 0 Å². The van der Waals surface area contributed by atoms with Crippen molar-refractivity contribution < 1.29 is 4.79 Å². The first-order valence-corrected chi connectivity index (χ1v) is 7.50. The van der Waals surface area contributed by atoms with Crippen molar-refractivity contribution in [3.63, 3.8) is 0 Å². The molecule has 3 atom stereocenters. The molecule has 1 saturated carbocycles. The molecular weight excluding hydrogens is 256 g/mol. The summed E-state index contributed by atoms with van der Waals surface area (Å²) >= 11 is 0. The van der Waals surface area contributed by atoms with Crippen molar-refractivity contribution in [2.45, 2.75) is 19.3 Å². The van der Waals surface area contributed by atoms with Gasteiger partial charge in [-0.25, -0.2) is 0 Å². The van der Waals surface area contributed by atoms with Crippen LogP contribution in [0.3, 0.4) is 0 Å². The van der Waals surface area contributed by atoms with Crippen LogP contribution in [0.1, 0.15) is 30.4 Å². The van der Waals surface area contributed by atoms with Crippen LogP contribution in [0.5, 0.6) is 0 Å². The van der Waals surface area contributed by atoms with E-state index in [9.17, 15) is 4.79 Å². The van der Waals surface area contributed by atoms with Gasteiger partial charge in [0.25, 0.3) is 0 Å². The lowest BCUT2D eigenvalue weighted by Gasteiger charge is -2.21. The molecule has 0 saturated heterocycles. The topological polar surface area (TPSA) is 17.1 Å². The van der Waals surface area contributed by atoms with Crippen molar-refractivity contribution in [3.8, 4) is 0 Å². The number of allylic oxidation sites excluding steroid dienone is 1.